The molecule has 21 heavy (non-hydrogen) atoms. The first kappa shape index (κ1) is 14.7. The predicted octanol–water partition coefficient (Wildman–Crippen LogP) is 1.32. The first-order valence-corrected chi connectivity index (χ1v) is 8.46. The zero-order valence-corrected chi connectivity index (χ0v) is 13.3. The van der Waals surface area contributed by atoms with Gasteiger partial charge in [-0.2, -0.15) is 0 Å². The monoisotopic (exact) mass is 306 g/mol. The molecule has 0 spiro atoms. The molecule has 1 aliphatic carbocycles. The topological polar surface area (TPSA) is 42.4 Å². The van der Waals surface area contributed by atoms with Crippen LogP contribution in [0, 0.1) is 5.92 Å². The standard InChI is InChI=1S/C16H22N2O2S/c1-11-15(5-3-4-14(19)12-6-7-12)21-16(17-11)18(2)13-8-9-20-10-13/h5,12-13H,1,3-4,6-10H2,2H3. The van der Waals surface area contributed by atoms with E-state index in [-0.39, 0.29) is 0 Å². The summed E-state index contributed by atoms with van der Waals surface area (Å²) in [5, 5.41) is 1.81. The van der Waals surface area contributed by atoms with Crippen LogP contribution in [0.1, 0.15) is 32.1 Å². The molecule has 0 N–H and O–H groups in total. The van der Waals surface area contributed by atoms with Crippen LogP contribution in [0.15, 0.2) is 0 Å². The molecule has 1 aliphatic heterocycles. The molecule has 1 saturated carbocycles. The first-order chi connectivity index (χ1) is 10.1. The van der Waals surface area contributed by atoms with Crippen LogP contribution in [0.2, 0.25) is 0 Å². The van der Waals surface area contributed by atoms with Crippen molar-refractivity contribution in [1.29, 1.82) is 0 Å². The minimum atomic E-state index is 0.364. The van der Waals surface area contributed by atoms with Crippen molar-refractivity contribution >= 4 is 34.9 Å². The smallest absolute Gasteiger partial charge is 0.186 e. The van der Waals surface area contributed by atoms with Gasteiger partial charge in [-0.25, -0.2) is 4.98 Å². The van der Waals surface area contributed by atoms with Crippen LogP contribution in [0.25, 0.3) is 12.7 Å². The molecule has 1 atom stereocenters. The van der Waals surface area contributed by atoms with Gasteiger partial charge in [-0.15, -0.1) is 0 Å². The van der Waals surface area contributed by atoms with E-state index in [2.05, 4.69) is 29.6 Å². The number of Topliss-reactive ketones (excluding diaryl/α,β-unsaturated/α-hetero) is 1. The molecule has 1 saturated heterocycles. The molecule has 0 radical (unpaired) electrons. The zero-order valence-electron chi connectivity index (χ0n) is 12.5. The van der Waals surface area contributed by atoms with Gasteiger partial charge in [-0.05, 0) is 25.7 Å². The second kappa shape index (κ2) is 6.28. The molecule has 114 valence electrons. The third-order valence-corrected chi connectivity index (χ3v) is 5.41. The van der Waals surface area contributed by atoms with Crippen molar-refractivity contribution in [3.63, 3.8) is 0 Å². The molecule has 5 heteroatoms. The van der Waals surface area contributed by atoms with E-state index in [1.807, 2.05) is 0 Å². The molecule has 3 rings (SSSR count). The van der Waals surface area contributed by atoms with Gasteiger partial charge in [0.25, 0.3) is 0 Å². The predicted molar refractivity (Wildman–Crippen MR) is 85.9 cm³/mol. The molecule has 0 aromatic carbocycles. The average molecular weight is 306 g/mol. The van der Waals surface area contributed by atoms with Crippen LogP contribution in [-0.4, -0.2) is 37.1 Å². The third-order valence-electron chi connectivity index (χ3n) is 4.22. The van der Waals surface area contributed by atoms with Crippen LogP contribution in [0.3, 0.4) is 0 Å². The van der Waals surface area contributed by atoms with Crippen LogP contribution >= 0.6 is 11.3 Å². The highest BCUT2D eigenvalue weighted by Crippen LogP contribution is 2.31. The summed E-state index contributed by atoms with van der Waals surface area (Å²) in [5.74, 6) is 0.782. The van der Waals surface area contributed by atoms with Gasteiger partial charge in [-0.3, -0.25) is 4.79 Å². The summed E-state index contributed by atoms with van der Waals surface area (Å²) in [6, 6.07) is 0.417. The van der Waals surface area contributed by atoms with Gasteiger partial charge in [0.15, 0.2) is 5.13 Å². The van der Waals surface area contributed by atoms with Crippen LogP contribution < -0.4 is 14.8 Å². The number of thiazole rings is 1. The normalized spacial score (nSPS) is 22.7. The van der Waals surface area contributed by atoms with Crippen molar-refractivity contribution in [2.24, 2.45) is 5.92 Å². The maximum absolute atomic E-state index is 11.7. The molecule has 0 bridgehead atoms. The van der Waals surface area contributed by atoms with Crippen molar-refractivity contribution in [2.45, 2.75) is 38.1 Å². The number of likely N-dealkylation sites (N-methyl/N-ethyl adjacent to an activating group) is 1. The molecular weight excluding hydrogens is 284 g/mol. The first-order valence-electron chi connectivity index (χ1n) is 7.64. The molecule has 2 fully saturated rings. The van der Waals surface area contributed by atoms with Crippen molar-refractivity contribution < 1.29 is 9.53 Å². The van der Waals surface area contributed by atoms with Crippen molar-refractivity contribution in [2.75, 3.05) is 25.2 Å². The number of ether oxygens (including phenoxy) is 1. The van der Waals surface area contributed by atoms with E-state index in [4.69, 9.17) is 4.74 Å². The number of rotatable bonds is 6. The summed E-state index contributed by atoms with van der Waals surface area (Å²) >= 11 is 1.66. The van der Waals surface area contributed by atoms with Gasteiger partial charge in [-0.1, -0.05) is 24.0 Å². The van der Waals surface area contributed by atoms with Crippen LogP contribution in [0.5, 0.6) is 0 Å². The lowest BCUT2D eigenvalue weighted by molar-refractivity contribution is -0.120. The maximum Gasteiger partial charge on any atom is 0.186 e. The highest BCUT2D eigenvalue weighted by atomic mass is 32.1. The van der Waals surface area contributed by atoms with Crippen molar-refractivity contribution in [1.82, 2.24) is 4.98 Å². The summed E-state index contributed by atoms with van der Waals surface area (Å²) < 4.78 is 6.53. The Balaban J connectivity index is 1.65. The Kier molecular flexibility index (Phi) is 4.40. The van der Waals surface area contributed by atoms with E-state index in [9.17, 15) is 4.79 Å². The molecular formula is C16H22N2O2S. The Morgan fingerprint density at radius 2 is 2.33 bits per heavy atom. The summed E-state index contributed by atoms with van der Waals surface area (Å²) in [6.07, 6.45) is 6.82. The lowest BCUT2D eigenvalue weighted by Gasteiger charge is -2.21. The number of nitrogens with zero attached hydrogens (tertiary/aromatic N) is 2. The quantitative estimate of drug-likeness (QED) is 0.795. The van der Waals surface area contributed by atoms with E-state index >= 15 is 0 Å². The van der Waals surface area contributed by atoms with Gasteiger partial charge in [0, 0.05) is 26.0 Å². The molecule has 2 heterocycles. The van der Waals surface area contributed by atoms with E-state index in [1.54, 1.807) is 11.3 Å². The Morgan fingerprint density at radius 1 is 1.52 bits per heavy atom. The lowest BCUT2D eigenvalue weighted by atomic mass is 10.1. The molecule has 1 aromatic heterocycles. The Morgan fingerprint density at radius 3 is 3.00 bits per heavy atom. The molecule has 4 nitrogen and oxygen atoms in total. The number of carbonyl (C=O) groups excluding carboxylic acids is 1. The number of hydrogen-bond acceptors (Lipinski definition) is 5. The summed E-state index contributed by atoms with van der Waals surface area (Å²) in [6.45, 7) is 5.63. The van der Waals surface area contributed by atoms with Gasteiger partial charge < -0.3 is 9.64 Å². The molecule has 2 aliphatic rings. The summed E-state index contributed by atoms with van der Waals surface area (Å²) in [5.41, 5.74) is 0. The third kappa shape index (κ3) is 3.52. The van der Waals surface area contributed by atoms with E-state index in [0.29, 0.717) is 24.2 Å². The highest BCUT2D eigenvalue weighted by molar-refractivity contribution is 7.13. The fourth-order valence-corrected chi connectivity index (χ4v) is 3.61. The number of anilines is 1. The fourth-order valence-electron chi connectivity index (χ4n) is 2.60. The fraction of sp³-hybridized carbons (Fsp3) is 0.625. The number of ketones is 1. The number of aromatic nitrogens is 1. The maximum atomic E-state index is 11.7. The average Bonchev–Trinajstić information content (AvgIpc) is 3.05. The van der Waals surface area contributed by atoms with Gasteiger partial charge in [0.2, 0.25) is 0 Å². The molecule has 0 amide bonds. The Labute approximate surface area is 129 Å². The molecule has 1 unspecified atom stereocenters. The van der Waals surface area contributed by atoms with Crippen LogP contribution in [0.4, 0.5) is 5.13 Å². The van der Waals surface area contributed by atoms with E-state index in [0.717, 1.165) is 53.9 Å². The number of hydrogen-bond donors (Lipinski definition) is 0. The zero-order chi connectivity index (χ0) is 14.8. The largest absolute Gasteiger partial charge is 0.379 e. The second-order valence-corrected chi connectivity index (χ2v) is 6.93. The molecule has 1 aromatic rings. The summed E-state index contributed by atoms with van der Waals surface area (Å²) in [7, 11) is 2.07. The SMILES string of the molecule is C=c1nc(N(C)C2CCOC2)sc1=CCCC(=O)C1CC1. The minimum absolute atomic E-state index is 0.364. The van der Waals surface area contributed by atoms with Gasteiger partial charge >= 0.3 is 0 Å². The van der Waals surface area contributed by atoms with E-state index < -0.39 is 0 Å². The lowest BCUT2D eigenvalue weighted by Crippen LogP contribution is -2.32. The van der Waals surface area contributed by atoms with Crippen molar-refractivity contribution in [3.8, 4) is 0 Å². The Hall–Kier alpha value is -1.20. The van der Waals surface area contributed by atoms with Crippen LogP contribution in [-0.2, 0) is 9.53 Å². The minimum Gasteiger partial charge on any atom is -0.379 e. The van der Waals surface area contributed by atoms with Gasteiger partial charge in [0.05, 0.1) is 22.5 Å². The Bertz CT molecular complexity index is 615. The second-order valence-electron chi connectivity index (χ2n) is 5.92. The highest BCUT2D eigenvalue weighted by Gasteiger charge is 2.28. The number of carbonyl (C=O) groups is 1. The van der Waals surface area contributed by atoms with Crippen molar-refractivity contribution in [3.05, 3.63) is 9.88 Å². The summed E-state index contributed by atoms with van der Waals surface area (Å²) in [4.78, 5) is 18.5. The van der Waals surface area contributed by atoms with Gasteiger partial charge in [0.1, 0.15) is 5.78 Å². The van der Waals surface area contributed by atoms with E-state index in [1.165, 1.54) is 0 Å².